The van der Waals surface area contributed by atoms with Crippen molar-refractivity contribution in [2.24, 2.45) is 0 Å². The minimum absolute atomic E-state index is 0.977. The average Bonchev–Trinajstić information content (AvgIpc) is 2.44. The van der Waals surface area contributed by atoms with Crippen LogP contribution in [0, 0.1) is 0 Å². The van der Waals surface area contributed by atoms with Gasteiger partial charge in [-0.15, -0.1) is 0 Å². The molecular formula is C16H15NS. The Labute approximate surface area is 112 Å². The van der Waals surface area contributed by atoms with Crippen LogP contribution in [0.4, 0.5) is 11.4 Å². The minimum atomic E-state index is 0.977. The lowest BCUT2D eigenvalue weighted by Gasteiger charge is -2.32. The molecular weight excluding hydrogens is 238 g/mol. The molecule has 2 aromatic carbocycles. The SMILES string of the molecule is C=Cc1ccc2c(c1)N(CC)c1ccccc1S2. The van der Waals surface area contributed by atoms with E-state index in [0.29, 0.717) is 0 Å². The fourth-order valence-corrected chi connectivity index (χ4v) is 3.39. The van der Waals surface area contributed by atoms with Crippen molar-refractivity contribution in [1.29, 1.82) is 0 Å². The molecule has 1 heterocycles. The summed E-state index contributed by atoms with van der Waals surface area (Å²) in [7, 11) is 0. The Morgan fingerprint density at radius 1 is 1.11 bits per heavy atom. The summed E-state index contributed by atoms with van der Waals surface area (Å²) in [5, 5.41) is 0. The molecule has 0 aliphatic carbocycles. The number of hydrogen-bond donors (Lipinski definition) is 0. The van der Waals surface area contributed by atoms with Crippen LogP contribution in [0.1, 0.15) is 12.5 Å². The van der Waals surface area contributed by atoms with Crippen LogP contribution in [0.2, 0.25) is 0 Å². The van der Waals surface area contributed by atoms with E-state index in [1.165, 1.54) is 26.7 Å². The molecule has 0 aromatic heterocycles. The maximum Gasteiger partial charge on any atom is 0.0558 e. The molecule has 2 heteroatoms. The van der Waals surface area contributed by atoms with Gasteiger partial charge in [0.1, 0.15) is 0 Å². The van der Waals surface area contributed by atoms with Gasteiger partial charge in [-0.05, 0) is 36.8 Å². The van der Waals surface area contributed by atoms with Crippen LogP contribution < -0.4 is 4.90 Å². The maximum atomic E-state index is 3.85. The molecule has 0 N–H and O–H groups in total. The molecule has 0 unspecified atom stereocenters. The van der Waals surface area contributed by atoms with Crippen molar-refractivity contribution in [3.8, 4) is 0 Å². The van der Waals surface area contributed by atoms with Gasteiger partial charge in [0, 0.05) is 16.3 Å². The topological polar surface area (TPSA) is 3.24 Å². The van der Waals surface area contributed by atoms with Gasteiger partial charge in [-0.1, -0.05) is 42.6 Å². The molecule has 90 valence electrons. The van der Waals surface area contributed by atoms with Crippen molar-refractivity contribution in [3.63, 3.8) is 0 Å². The molecule has 18 heavy (non-hydrogen) atoms. The van der Waals surface area contributed by atoms with Gasteiger partial charge in [0.15, 0.2) is 0 Å². The Balaban J connectivity index is 2.17. The van der Waals surface area contributed by atoms with Crippen LogP contribution in [-0.2, 0) is 0 Å². The highest BCUT2D eigenvalue weighted by Gasteiger charge is 2.21. The summed E-state index contributed by atoms with van der Waals surface area (Å²) in [6.07, 6.45) is 1.90. The maximum absolute atomic E-state index is 3.85. The number of nitrogens with zero attached hydrogens (tertiary/aromatic N) is 1. The fraction of sp³-hybridized carbons (Fsp3) is 0.125. The van der Waals surface area contributed by atoms with E-state index in [-0.39, 0.29) is 0 Å². The van der Waals surface area contributed by atoms with Crippen LogP contribution >= 0.6 is 11.8 Å². The quantitative estimate of drug-likeness (QED) is 0.744. The Kier molecular flexibility index (Phi) is 2.88. The lowest BCUT2D eigenvalue weighted by atomic mass is 10.1. The van der Waals surface area contributed by atoms with Gasteiger partial charge >= 0.3 is 0 Å². The smallest absolute Gasteiger partial charge is 0.0558 e. The number of hydrogen-bond acceptors (Lipinski definition) is 2. The summed E-state index contributed by atoms with van der Waals surface area (Å²) >= 11 is 1.84. The molecule has 3 rings (SSSR count). The molecule has 1 aliphatic rings. The predicted molar refractivity (Wildman–Crippen MR) is 79.8 cm³/mol. The van der Waals surface area contributed by atoms with Gasteiger partial charge in [0.25, 0.3) is 0 Å². The van der Waals surface area contributed by atoms with E-state index in [2.05, 4.69) is 60.9 Å². The first-order chi connectivity index (χ1) is 8.83. The zero-order valence-corrected chi connectivity index (χ0v) is 11.2. The summed E-state index contributed by atoms with van der Waals surface area (Å²) in [6.45, 7) is 7.02. The summed E-state index contributed by atoms with van der Waals surface area (Å²) < 4.78 is 0. The van der Waals surface area contributed by atoms with E-state index >= 15 is 0 Å². The standard InChI is InChI=1S/C16H15NS/c1-3-12-9-10-16-14(11-12)17(4-2)13-7-5-6-8-15(13)18-16/h3,5-11H,1,4H2,2H3. The van der Waals surface area contributed by atoms with Gasteiger partial charge in [-0.3, -0.25) is 0 Å². The van der Waals surface area contributed by atoms with Gasteiger partial charge in [0.05, 0.1) is 11.4 Å². The molecule has 0 saturated heterocycles. The summed E-state index contributed by atoms with van der Waals surface area (Å²) in [4.78, 5) is 5.02. The highest BCUT2D eigenvalue weighted by molar-refractivity contribution is 7.99. The van der Waals surface area contributed by atoms with Gasteiger partial charge in [-0.25, -0.2) is 0 Å². The fourth-order valence-electron chi connectivity index (χ4n) is 2.31. The molecule has 1 nitrogen and oxygen atoms in total. The van der Waals surface area contributed by atoms with Crippen LogP contribution in [-0.4, -0.2) is 6.54 Å². The van der Waals surface area contributed by atoms with Crippen molar-refractivity contribution in [1.82, 2.24) is 0 Å². The van der Waals surface area contributed by atoms with Crippen LogP contribution in [0.15, 0.2) is 58.8 Å². The zero-order chi connectivity index (χ0) is 12.5. The lowest BCUT2D eigenvalue weighted by molar-refractivity contribution is 0.979. The second-order valence-corrected chi connectivity index (χ2v) is 5.33. The molecule has 0 saturated carbocycles. The molecule has 0 amide bonds. The monoisotopic (exact) mass is 253 g/mol. The number of para-hydroxylation sites is 1. The third kappa shape index (κ3) is 1.73. The van der Waals surface area contributed by atoms with E-state index in [1.54, 1.807) is 0 Å². The molecule has 0 bridgehead atoms. The van der Waals surface area contributed by atoms with E-state index in [0.717, 1.165) is 6.54 Å². The highest BCUT2D eigenvalue weighted by atomic mass is 32.2. The molecule has 2 aromatic rings. The van der Waals surface area contributed by atoms with Crippen LogP contribution in [0.5, 0.6) is 0 Å². The van der Waals surface area contributed by atoms with Crippen molar-refractivity contribution in [3.05, 3.63) is 54.6 Å². The van der Waals surface area contributed by atoms with Crippen molar-refractivity contribution < 1.29 is 0 Å². The van der Waals surface area contributed by atoms with Gasteiger partial charge < -0.3 is 4.90 Å². The Morgan fingerprint density at radius 2 is 1.89 bits per heavy atom. The number of anilines is 2. The number of fused-ring (bicyclic) bond motifs is 2. The van der Waals surface area contributed by atoms with E-state index < -0.39 is 0 Å². The normalized spacial score (nSPS) is 12.8. The highest BCUT2D eigenvalue weighted by Crippen LogP contribution is 2.48. The average molecular weight is 253 g/mol. The first-order valence-electron chi connectivity index (χ1n) is 6.14. The first kappa shape index (κ1) is 11.4. The Morgan fingerprint density at radius 3 is 2.67 bits per heavy atom. The molecule has 1 aliphatic heterocycles. The van der Waals surface area contributed by atoms with Crippen molar-refractivity contribution >= 4 is 29.2 Å². The summed E-state index contributed by atoms with van der Waals surface area (Å²) in [6, 6.07) is 15.1. The largest absolute Gasteiger partial charge is 0.340 e. The molecule has 0 atom stereocenters. The summed E-state index contributed by atoms with van der Waals surface area (Å²) in [5.41, 5.74) is 3.77. The number of benzene rings is 2. The Bertz CT molecular complexity index is 604. The predicted octanol–water partition coefficient (Wildman–Crippen LogP) is 4.95. The van der Waals surface area contributed by atoms with Crippen LogP contribution in [0.3, 0.4) is 0 Å². The number of rotatable bonds is 2. The second-order valence-electron chi connectivity index (χ2n) is 4.25. The third-order valence-corrected chi connectivity index (χ3v) is 4.33. The van der Waals surface area contributed by atoms with Crippen molar-refractivity contribution in [2.45, 2.75) is 16.7 Å². The zero-order valence-electron chi connectivity index (χ0n) is 10.4. The van der Waals surface area contributed by atoms with Crippen LogP contribution in [0.25, 0.3) is 6.08 Å². The summed E-state index contributed by atoms with van der Waals surface area (Å²) in [5.74, 6) is 0. The van der Waals surface area contributed by atoms with E-state index in [4.69, 9.17) is 0 Å². The molecule has 0 fully saturated rings. The van der Waals surface area contributed by atoms with Crippen molar-refractivity contribution in [2.75, 3.05) is 11.4 Å². The minimum Gasteiger partial charge on any atom is -0.340 e. The van der Waals surface area contributed by atoms with E-state index in [1.807, 2.05) is 17.8 Å². The first-order valence-corrected chi connectivity index (χ1v) is 6.96. The molecule has 0 spiro atoms. The van der Waals surface area contributed by atoms with Gasteiger partial charge in [-0.2, -0.15) is 0 Å². The third-order valence-electron chi connectivity index (χ3n) is 3.20. The van der Waals surface area contributed by atoms with E-state index in [9.17, 15) is 0 Å². The Hall–Kier alpha value is -1.67. The molecule has 0 radical (unpaired) electrons. The van der Waals surface area contributed by atoms with Gasteiger partial charge in [0.2, 0.25) is 0 Å². The second kappa shape index (κ2) is 4.54. The lowest BCUT2D eigenvalue weighted by Crippen LogP contribution is -2.19.